The highest BCUT2D eigenvalue weighted by Crippen LogP contribution is 2.30. The standard InChI is InChI=1S/C44H76O6/c1-2-3-4-19-28-40-31-32-41(45-33-22-15-11-7-5-9-13-17-24-35-47-43-29-20-26-37-49-43)42(39-40)46-34-23-16-12-8-6-10-14-18-25-36-48-44-30-21-27-38-50-44/h19,28,31-32,39,43-44H,2-18,20-27,29-30,33-38H2,1H3/b28-19+. The molecule has 2 heterocycles. The summed E-state index contributed by atoms with van der Waals surface area (Å²) in [5.74, 6) is 1.80. The summed E-state index contributed by atoms with van der Waals surface area (Å²) >= 11 is 0. The minimum atomic E-state index is 0.0625. The lowest BCUT2D eigenvalue weighted by Crippen LogP contribution is -2.22. The molecule has 0 aliphatic carbocycles. The van der Waals surface area contributed by atoms with E-state index in [4.69, 9.17) is 28.4 Å². The maximum Gasteiger partial charge on any atom is 0.161 e. The fourth-order valence-corrected chi connectivity index (χ4v) is 6.76. The predicted octanol–water partition coefficient (Wildman–Crippen LogP) is 12.8. The first-order chi connectivity index (χ1) is 24.8. The van der Waals surface area contributed by atoms with Crippen molar-refractivity contribution in [2.24, 2.45) is 0 Å². The zero-order chi connectivity index (χ0) is 35.0. The van der Waals surface area contributed by atoms with Crippen molar-refractivity contribution in [1.29, 1.82) is 0 Å². The highest BCUT2D eigenvalue weighted by atomic mass is 16.7. The van der Waals surface area contributed by atoms with Crippen LogP contribution in [-0.2, 0) is 18.9 Å². The molecule has 0 spiro atoms. The van der Waals surface area contributed by atoms with E-state index in [2.05, 4.69) is 37.3 Å². The lowest BCUT2D eigenvalue weighted by atomic mass is 10.1. The molecule has 2 aliphatic rings. The fraction of sp³-hybridized carbons (Fsp3) is 0.818. The van der Waals surface area contributed by atoms with Gasteiger partial charge in [0.25, 0.3) is 0 Å². The van der Waals surface area contributed by atoms with Gasteiger partial charge < -0.3 is 28.4 Å². The quantitative estimate of drug-likeness (QED) is 0.0697. The van der Waals surface area contributed by atoms with E-state index in [1.807, 2.05) is 0 Å². The molecule has 288 valence electrons. The first-order valence-corrected chi connectivity index (χ1v) is 21.4. The van der Waals surface area contributed by atoms with Crippen LogP contribution in [0.15, 0.2) is 24.3 Å². The Morgan fingerprint density at radius 1 is 0.540 bits per heavy atom. The Kier molecular flexibility index (Phi) is 26.5. The molecule has 6 nitrogen and oxygen atoms in total. The maximum absolute atomic E-state index is 6.33. The Morgan fingerprint density at radius 3 is 1.46 bits per heavy atom. The van der Waals surface area contributed by atoms with Gasteiger partial charge in [-0.3, -0.25) is 0 Å². The van der Waals surface area contributed by atoms with E-state index >= 15 is 0 Å². The van der Waals surface area contributed by atoms with Gasteiger partial charge in [-0.25, -0.2) is 0 Å². The molecule has 2 aliphatic heterocycles. The molecule has 1 aromatic carbocycles. The average molecular weight is 701 g/mol. The van der Waals surface area contributed by atoms with Gasteiger partial charge in [0, 0.05) is 26.4 Å². The van der Waals surface area contributed by atoms with Crippen molar-refractivity contribution in [2.45, 2.75) is 193 Å². The molecule has 2 unspecified atom stereocenters. The van der Waals surface area contributed by atoms with Crippen molar-refractivity contribution in [2.75, 3.05) is 39.6 Å². The van der Waals surface area contributed by atoms with Crippen LogP contribution in [0.5, 0.6) is 11.5 Å². The molecular weight excluding hydrogens is 624 g/mol. The number of unbranched alkanes of at least 4 members (excludes halogenated alkanes) is 18. The van der Waals surface area contributed by atoms with Crippen LogP contribution in [0.4, 0.5) is 0 Å². The molecule has 3 rings (SSSR count). The summed E-state index contributed by atoms with van der Waals surface area (Å²) in [4.78, 5) is 0. The summed E-state index contributed by atoms with van der Waals surface area (Å²) in [7, 11) is 0. The van der Waals surface area contributed by atoms with Crippen molar-refractivity contribution >= 4 is 6.08 Å². The van der Waals surface area contributed by atoms with Crippen LogP contribution in [0.2, 0.25) is 0 Å². The van der Waals surface area contributed by atoms with Gasteiger partial charge in [-0.1, -0.05) is 128 Å². The van der Waals surface area contributed by atoms with Crippen LogP contribution in [0.25, 0.3) is 6.08 Å². The Hall–Kier alpha value is -1.60. The molecular formula is C44H76O6. The molecule has 0 radical (unpaired) electrons. The fourth-order valence-electron chi connectivity index (χ4n) is 6.76. The first kappa shape index (κ1) is 42.8. The molecule has 0 saturated carbocycles. The summed E-state index contributed by atoms with van der Waals surface area (Å²) in [5.41, 5.74) is 1.20. The molecule has 0 amide bonds. The number of rotatable bonds is 32. The van der Waals surface area contributed by atoms with Crippen molar-refractivity contribution in [1.82, 2.24) is 0 Å². The molecule has 2 saturated heterocycles. The molecule has 50 heavy (non-hydrogen) atoms. The number of hydrogen-bond donors (Lipinski definition) is 0. The van der Waals surface area contributed by atoms with Crippen LogP contribution >= 0.6 is 0 Å². The topological polar surface area (TPSA) is 55.4 Å². The molecule has 0 N–H and O–H groups in total. The van der Waals surface area contributed by atoms with E-state index in [9.17, 15) is 0 Å². The van der Waals surface area contributed by atoms with Crippen LogP contribution < -0.4 is 9.47 Å². The van der Waals surface area contributed by atoms with E-state index < -0.39 is 0 Å². The normalized spacial score (nSPS) is 18.2. The summed E-state index contributed by atoms with van der Waals surface area (Å²) < 4.78 is 35.6. The third-order valence-corrected chi connectivity index (χ3v) is 9.98. The van der Waals surface area contributed by atoms with E-state index in [0.29, 0.717) is 0 Å². The molecule has 6 heteroatoms. The zero-order valence-corrected chi connectivity index (χ0v) is 32.3. The molecule has 1 aromatic rings. The van der Waals surface area contributed by atoms with Crippen LogP contribution in [0.3, 0.4) is 0 Å². The van der Waals surface area contributed by atoms with Gasteiger partial charge in [0.2, 0.25) is 0 Å². The smallest absolute Gasteiger partial charge is 0.161 e. The van der Waals surface area contributed by atoms with E-state index in [1.54, 1.807) is 0 Å². The Bertz CT molecular complexity index is 923. The van der Waals surface area contributed by atoms with Crippen molar-refractivity contribution in [3.8, 4) is 11.5 Å². The Morgan fingerprint density at radius 2 is 1.00 bits per heavy atom. The van der Waals surface area contributed by atoms with E-state index in [1.165, 1.54) is 134 Å². The minimum absolute atomic E-state index is 0.0625. The summed E-state index contributed by atoms with van der Waals surface area (Å²) in [5, 5.41) is 0. The molecule has 0 aromatic heterocycles. The SMILES string of the molecule is CCCC/C=C/c1ccc(OCCCCCCCCCCCOC2CCCCO2)c(OCCCCCCCCCCCOC2CCCCO2)c1. The minimum Gasteiger partial charge on any atom is -0.490 e. The van der Waals surface area contributed by atoms with Gasteiger partial charge >= 0.3 is 0 Å². The van der Waals surface area contributed by atoms with Crippen molar-refractivity contribution in [3.05, 3.63) is 29.8 Å². The third-order valence-electron chi connectivity index (χ3n) is 9.98. The van der Waals surface area contributed by atoms with Gasteiger partial charge in [-0.05, 0) is 88.3 Å². The summed E-state index contributed by atoms with van der Waals surface area (Å²) in [6.45, 7) is 7.20. The molecule has 2 fully saturated rings. The average Bonchev–Trinajstić information content (AvgIpc) is 3.15. The summed E-state index contributed by atoms with van der Waals surface area (Å²) in [6, 6.07) is 6.44. The van der Waals surface area contributed by atoms with E-state index in [0.717, 1.165) is 96.1 Å². The second-order valence-corrected chi connectivity index (χ2v) is 14.6. The lowest BCUT2D eigenvalue weighted by Gasteiger charge is -2.22. The Balaban J connectivity index is 1.18. The zero-order valence-electron chi connectivity index (χ0n) is 32.3. The van der Waals surface area contributed by atoms with Gasteiger partial charge in [0.05, 0.1) is 13.2 Å². The maximum atomic E-state index is 6.33. The van der Waals surface area contributed by atoms with Gasteiger partial charge in [-0.2, -0.15) is 0 Å². The Labute approximate surface area is 307 Å². The first-order valence-electron chi connectivity index (χ1n) is 21.4. The number of benzene rings is 1. The van der Waals surface area contributed by atoms with Crippen molar-refractivity contribution < 1.29 is 28.4 Å². The van der Waals surface area contributed by atoms with Gasteiger partial charge in [-0.15, -0.1) is 0 Å². The lowest BCUT2D eigenvalue weighted by molar-refractivity contribution is -0.163. The van der Waals surface area contributed by atoms with Crippen LogP contribution in [-0.4, -0.2) is 52.2 Å². The largest absolute Gasteiger partial charge is 0.490 e. The highest BCUT2D eigenvalue weighted by Gasteiger charge is 2.14. The monoisotopic (exact) mass is 701 g/mol. The summed E-state index contributed by atoms with van der Waals surface area (Å²) in [6.07, 6.45) is 37.9. The number of allylic oxidation sites excluding steroid dienone is 1. The predicted molar refractivity (Wildman–Crippen MR) is 208 cm³/mol. The number of hydrogen-bond acceptors (Lipinski definition) is 6. The second-order valence-electron chi connectivity index (χ2n) is 14.6. The van der Waals surface area contributed by atoms with Gasteiger partial charge in [0.15, 0.2) is 24.1 Å². The third kappa shape index (κ3) is 22.4. The number of ether oxygens (including phenoxy) is 6. The molecule has 2 atom stereocenters. The highest BCUT2D eigenvalue weighted by molar-refractivity contribution is 5.55. The second kappa shape index (κ2) is 31.0. The van der Waals surface area contributed by atoms with E-state index in [-0.39, 0.29) is 12.6 Å². The van der Waals surface area contributed by atoms with Crippen LogP contribution in [0, 0.1) is 0 Å². The van der Waals surface area contributed by atoms with Gasteiger partial charge in [0.1, 0.15) is 0 Å². The van der Waals surface area contributed by atoms with Crippen molar-refractivity contribution in [3.63, 3.8) is 0 Å². The van der Waals surface area contributed by atoms with Crippen LogP contribution in [0.1, 0.15) is 186 Å². The molecule has 0 bridgehead atoms.